The van der Waals surface area contributed by atoms with Crippen LogP contribution < -0.4 is 52.8 Å². The maximum atomic E-state index is 2.73. The summed E-state index contributed by atoms with van der Waals surface area (Å²) in [6.45, 7) is 37.0. The molecule has 0 bridgehead atoms. The van der Waals surface area contributed by atoms with E-state index in [-0.39, 0.29) is 40.6 Å². The van der Waals surface area contributed by atoms with Crippen molar-refractivity contribution in [1.29, 1.82) is 0 Å². The van der Waals surface area contributed by atoms with Crippen molar-refractivity contribution >= 4 is 23.6 Å². The summed E-state index contributed by atoms with van der Waals surface area (Å²) >= 11 is 2.70. The molecule has 0 atom stereocenters. The average molecular weight is 1240 g/mol. The van der Waals surface area contributed by atoms with Gasteiger partial charge in [-0.2, -0.15) is 0 Å². The first-order chi connectivity index (χ1) is 39.4. The van der Waals surface area contributed by atoms with Gasteiger partial charge in [-0.05, 0) is 0 Å². The molecular weight excluding hydrogens is 1160 g/mol. The van der Waals surface area contributed by atoms with Gasteiger partial charge in [0, 0.05) is 0 Å². The predicted octanol–water partition coefficient (Wildman–Crippen LogP) is 9.35. The van der Waals surface area contributed by atoms with Gasteiger partial charge in [-0.15, -0.1) is 0 Å². The summed E-state index contributed by atoms with van der Waals surface area (Å²) in [5.74, 6) is 0. The van der Waals surface area contributed by atoms with Crippen LogP contribution in [-0.4, -0.2) is 8.07 Å². The number of benzene rings is 9. The second-order valence-corrected chi connectivity index (χ2v) is 32.1. The van der Waals surface area contributed by atoms with Gasteiger partial charge in [-0.1, -0.05) is 0 Å². The van der Waals surface area contributed by atoms with E-state index in [0.717, 1.165) is 38.5 Å². The minimum atomic E-state index is -3.46. The minimum absolute atomic E-state index is 0. The van der Waals surface area contributed by atoms with Crippen molar-refractivity contribution in [2.24, 2.45) is 0 Å². The Morgan fingerprint density at radius 1 is 0.221 bits per heavy atom. The molecular formula is C81H87Cl3SiTi. The fourth-order valence-electron chi connectivity index (χ4n) is 15.1. The number of rotatable bonds is 16. The monoisotopic (exact) mass is 1240 g/mol. The van der Waals surface area contributed by atoms with E-state index in [1.165, 1.54) is 171 Å². The molecule has 9 aromatic carbocycles. The Bertz CT molecular complexity index is 3350. The van der Waals surface area contributed by atoms with E-state index in [2.05, 4.69) is 295 Å². The average Bonchev–Trinajstić information content (AvgIpc) is 1.36. The van der Waals surface area contributed by atoms with E-state index in [0.29, 0.717) is 0 Å². The normalized spacial score (nSPS) is 13.0. The summed E-state index contributed by atoms with van der Waals surface area (Å²) in [5.41, 5.74) is 38.1. The van der Waals surface area contributed by atoms with Gasteiger partial charge in [0.25, 0.3) is 0 Å². The van der Waals surface area contributed by atoms with Crippen LogP contribution in [0.15, 0.2) is 186 Å². The van der Waals surface area contributed by atoms with Gasteiger partial charge in [0.2, 0.25) is 0 Å². The van der Waals surface area contributed by atoms with E-state index >= 15 is 0 Å². The zero-order valence-corrected chi connectivity index (χ0v) is 58.8. The van der Waals surface area contributed by atoms with Gasteiger partial charge in [0.15, 0.2) is 0 Å². The van der Waals surface area contributed by atoms with E-state index in [1.807, 2.05) is 0 Å². The van der Waals surface area contributed by atoms with Gasteiger partial charge >= 0.3 is 516 Å². The molecule has 1 aliphatic carbocycles. The molecule has 0 N–H and O–H groups in total. The Morgan fingerprint density at radius 3 is 0.512 bits per heavy atom. The largest absolute Gasteiger partial charge is 1.00 e. The molecule has 0 heterocycles. The van der Waals surface area contributed by atoms with Crippen molar-refractivity contribution in [3.05, 3.63) is 320 Å². The van der Waals surface area contributed by atoms with Crippen LogP contribution >= 0.6 is 0 Å². The van der Waals surface area contributed by atoms with Crippen molar-refractivity contribution in [2.75, 3.05) is 0 Å². The third-order valence-electron chi connectivity index (χ3n) is 18.0. The Hall–Kier alpha value is -5.74. The predicted molar refractivity (Wildman–Crippen MR) is 356 cm³/mol. The van der Waals surface area contributed by atoms with Gasteiger partial charge in [0.05, 0.1) is 0 Å². The van der Waals surface area contributed by atoms with Gasteiger partial charge in [-0.25, -0.2) is 0 Å². The summed E-state index contributed by atoms with van der Waals surface area (Å²) in [6, 6.07) is 67.0. The molecule has 0 saturated carbocycles. The number of allylic oxidation sites excluding steroid dienone is 4. The van der Waals surface area contributed by atoms with Crippen LogP contribution in [0.4, 0.5) is 0 Å². The van der Waals surface area contributed by atoms with Crippen LogP contribution in [0.2, 0.25) is 3.34 Å². The number of halogens is 3. The summed E-state index contributed by atoms with van der Waals surface area (Å²) in [6.07, 6.45) is 5.13. The smallest absolute Gasteiger partial charge is 1.00 e. The quantitative estimate of drug-likeness (QED) is 0.0669. The number of aryl methyl sites for hydroxylation is 12. The van der Waals surface area contributed by atoms with E-state index < -0.39 is 8.07 Å². The zero-order chi connectivity index (χ0) is 59.2. The Labute approximate surface area is 549 Å². The van der Waals surface area contributed by atoms with Crippen molar-refractivity contribution in [3.63, 3.8) is 0 Å². The fraction of sp³-hybridized carbons (Fsp3) is 0.284. The summed E-state index contributed by atoms with van der Waals surface area (Å²) in [4.78, 5) is 0. The Balaban J connectivity index is 0.00000353. The molecule has 86 heavy (non-hydrogen) atoms. The molecule has 9 aromatic rings. The standard InChI is InChI=1S/C81H87Si.3ClH.Ti/c1-50-17-51(2)24-66(23-50)35-72-41-73(36-67-25-52(3)18-53(4)26-67)45-78(44-72)82(81-64(15)62(13)63(14)65(81)16,79-46-74(37-68-27-54(5)19-55(6)28-68)42-75(47-79)38-69-29-56(7)20-57(8)30-69)80-48-76(39-70-31-58(9)21-59(10)32-70)43-77(49-80)40-71-33-60(11)22-61(12)34-71;;;;/h17-34,41-49H,35-40H2,1-16H3;3*1H;/q;;;;+3/p-3. The summed E-state index contributed by atoms with van der Waals surface area (Å²) < 4.78 is -0.373. The molecule has 0 unspecified atom stereocenters. The first-order valence-electron chi connectivity index (χ1n) is 30.3. The maximum Gasteiger partial charge on any atom is -1.00 e. The van der Waals surface area contributed by atoms with Crippen molar-refractivity contribution in [3.8, 4) is 0 Å². The minimum Gasteiger partial charge on any atom is -1.00 e. The van der Waals surface area contributed by atoms with Gasteiger partial charge in [0.1, 0.15) is 0 Å². The molecule has 440 valence electrons. The van der Waals surface area contributed by atoms with Crippen LogP contribution in [-0.2, 0) is 59.0 Å². The van der Waals surface area contributed by atoms with Gasteiger partial charge in [-0.3, -0.25) is 0 Å². The molecule has 0 amide bonds. The topological polar surface area (TPSA) is 0 Å². The molecule has 0 aliphatic heterocycles. The Kier molecular flexibility index (Phi) is 21.9. The fourth-order valence-corrected chi connectivity index (χ4v) is 23.9. The van der Waals surface area contributed by atoms with Crippen LogP contribution in [0.5, 0.6) is 0 Å². The Morgan fingerprint density at radius 2 is 0.360 bits per heavy atom. The van der Waals surface area contributed by atoms with Crippen LogP contribution in [0, 0.1) is 83.1 Å². The summed E-state index contributed by atoms with van der Waals surface area (Å²) in [5, 5.41) is 4.47. The maximum absolute atomic E-state index is 3.46. The molecule has 10 rings (SSSR count). The molecule has 0 aromatic heterocycles. The van der Waals surface area contributed by atoms with Gasteiger partial charge < -0.3 is 37.2 Å². The second-order valence-electron chi connectivity index (χ2n) is 26.2. The van der Waals surface area contributed by atoms with Crippen LogP contribution in [0.3, 0.4) is 0 Å². The SMILES string of the molecule is CC1=C(C)[C]([Ti+3])([Si](c2cc(Cc3cc(C)cc(C)c3)cc(Cc3cc(C)cc(C)c3)c2)(c2cc(Cc3cc(C)cc(C)c3)cc(Cc3cc(C)cc(C)c3)c2)c2cc(Cc3cc(C)cc(C)c3)cc(Cc3cc(C)cc(C)c3)c2)C(C)=C1C.[Cl-].[Cl-].[Cl-]. The van der Waals surface area contributed by atoms with Crippen molar-refractivity contribution in [1.82, 2.24) is 0 Å². The van der Waals surface area contributed by atoms with Crippen molar-refractivity contribution in [2.45, 2.75) is 153 Å². The first kappa shape index (κ1) is 67.8. The van der Waals surface area contributed by atoms with Crippen LogP contribution in [0.25, 0.3) is 0 Å². The third kappa shape index (κ3) is 14.9. The van der Waals surface area contributed by atoms with Crippen molar-refractivity contribution < 1.29 is 57.7 Å². The first-order valence-corrected chi connectivity index (χ1v) is 33.1. The molecule has 0 saturated heterocycles. The second kappa shape index (κ2) is 27.8. The number of hydrogen-bond donors (Lipinski definition) is 0. The molecule has 1 aliphatic rings. The third-order valence-corrected chi connectivity index (χ3v) is 26.2. The number of hydrogen-bond acceptors (Lipinski definition) is 0. The molecule has 0 fully saturated rings. The molecule has 0 nitrogen and oxygen atoms in total. The van der Waals surface area contributed by atoms with E-state index in [4.69, 9.17) is 0 Å². The van der Waals surface area contributed by atoms with E-state index in [1.54, 1.807) is 0 Å². The molecule has 5 heteroatoms. The molecule has 0 radical (unpaired) electrons. The zero-order valence-electron chi connectivity index (χ0n) is 54.0. The van der Waals surface area contributed by atoms with Crippen LogP contribution in [0.1, 0.15) is 161 Å². The summed E-state index contributed by atoms with van der Waals surface area (Å²) in [7, 11) is -3.46. The van der Waals surface area contributed by atoms with E-state index in [9.17, 15) is 0 Å². The molecule has 0 spiro atoms.